The number of hydrogen-bond acceptors (Lipinski definition) is 5. The van der Waals surface area contributed by atoms with Gasteiger partial charge in [-0.25, -0.2) is 0 Å². The van der Waals surface area contributed by atoms with E-state index < -0.39 is 23.5 Å². The number of quaternary nitrogens is 1. The SMILES string of the molecule is CC[NH+](CC)CCCN1C(=O)C(O)=C(C(=O)c2ccc(C)o2)[C@@H]1c1cccnc1. The van der Waals surface area contributed by atoms with E-state index in [-0.39, 0.29) is 11.3 Å². The molecule has 2 aromatic rings. The highest BCUT2D eigenvalue weighted by atomic mass is 16.3. The van der Waals surface area contributed by atoms with E-state index in [0.29, 0.717) is 17.9 Å². The zero-order chi connectivity index (χ0) is 21.0. The second-order valence-electron chi connectivity index (χ2n) is 7.25. The van der Waals surface area contributed by atoms with Crippen LogP contribution in [-0.4, -0.2) is 52.9 Å². The molecular formula is C22H28N3O4+. The van der Waals surface area contributed by atoms with Crippen molar-refractivity contribution in [3.8, 4) is 0 Å². The average Bonchev–Trinajstić information content (AvgIpc) is 3.28. The van der Waals surface area contributed by atoms with Crippen LogP contribution < -0.4 is 4.90 Å². The van der Waals surface area contributed by atoms with Crippen LogP contribution in [0.3, 0.4) is 0 Å². The molecule has 0 saturated carbocycles. The molecule has 2 N–H and O–H groups in total. The molecule has 0 aliphatic carbocycles. The van der Waals surface area contributed by atoms with Gasteiger partial charge in [-0.3, -0.25) is 14.6 Å². The number of Topliss-reactive ketones (excluding diaryl/α,β-unsaturated/α-hetero) is 1. The van der Waals surface area contributed by atoms with Gasteiger partial charge in [-0.05, 0) is 44.5 Å². The molecule has 0 unspecified atom stereocenters. The molecule has 154 valence electrons. The second-order valence-corrected chi connectivity index (χ2v) is 7.25. The standard InChI is InChI=1S/C22H27N3O4/c1-4-24(5-2)12-7-13-25-19(16-8-6-11-23-14-16)18(21(27)22(25)28)20(26)17-10-9-15(3)29-17/h6,8-11,14,19,27H,4-5,7,12-13H2,1-3H3/p+1/t19-/m0/s1. The van der Waals surface area contributed by atoms with E-state index in [1.807, 2.05) is 6.07 Å². The molecule has 29 heavy (non-hydrogen) atoms. The molecule has 7 nitrogen and oxygen atoms in total. The summed E-state index contributed by atoms with van der Waals surface area (Å²) >= 11 is 0. The van der Waals surface area contributed by atoms with Crippen LogP contribution in [0.15, 0.2) is 52.4 Å². The van der Waals surface area contributed by atoms with Gasteiger partial charge in [0.1, 0.15) is 5.76 Å². The number of aliphatic hydroxyl groups excluding tert-OH is 1. The molecule has 3 heterocycles. The molecule has 0 aromatic carbocycles. The summed E-state index contributed by atoms with van der Waals surface area (Å²) in [7, 11) is 0. The van der Waals surface area contributed by atoms with Crippen molar-refractivity contribution >= 4 is 11.7 Å². The van der Waals surface area contributed by atoms with E-state index in [4.69, 9.17) is 4.42 Å². The quantitative estimate of drug-likeness (QED) is 0.630. The number of carbonyl (C=O) groups excluding carboxylic acids is 2. The largest absolute Gasteiger partial charge is 0.503 e. The Morgan fingerprint density at radius 3 is 2.62 bits per heavy atom. The first-order chi connectivity index (χ1) is 14.0. The fourth-order valence-corrected chi connectivity index (χ4v) is 3.79. The molecule has 0 fully saturated rings. The molecule has 2 aromatic heterocycles. The van der Waals surface area contributed by atoms with Crippen LogP contribution in [0.5, 0.6) is 0 Å². The van der Waals surface area contributed by atoms with E-state index in [2.05, 4.69) is 18.8 Å². The average molecular weight is 398 g/mol. The van der Waals surface area contributed by atoms with Crippen LogP contribution >= 0.6 is 0 Å². The highest BCUT2D eigenvalue weighted by Gasteiger charge is 2.44. The van der Waals surface area contributed by atoms with E-state index in [0.717, 1.165) is 26.1 Å². The third-order valence-electron chi connectivity index (χ3n) is 5.44. The summed E-state index contributed by atoms with van der Waals surface area (Å²) in [5.41, 5.74) is 0.735. The lowest BCUT2D eigenvalue weighted by molar-refractivity contribution is -0.896. The lowest BCUT2D eigenvalue weighted by Gasteiger charge is -2.27. The van der Waals surface area contributed by atoms with Crippen LogP contribution in [0.2, 0.25) is 0 Å². The minimum Gasteiger partial charge on any atom is -0.503 e. The number of pyridine rings is 1. The fourth-order valence-electron chi connectivity index (χ4n) is 3.79. The van der Waals surface area contributed by atoms with Crippen molar-refractivity contribution in [2.45, 2.75) is 33.2 Å². The minimum absolute atomic E-state index is 0.0486. The number of carbonyl (C=O) groups is 2. The highest BCUT2D eigenvalue weighted by molar-refractivity contribution is 6.15. The lowest BCUT2D eigenvalue weighted by atomic mass is 9.96. The van der Waals surface area contributed by atoms with Gasteiger partial charge in [0.05, 0.1) is 31.2 Å². The maximum Gasteiger partial charge on any atom is 0.290 e. The molecule has 0 saturated heterocycles. The summed E-state index contributed by atoms with van der Waals surface area (Å²) in [6.45, 7) is 9.40. The monoisotopic (exact) mass is 398 g/mol. The minimum atomic E-state index is -0.680. The van der Waals surface area contributed by atoms with Crippen LogP contribution in [0.25, 0.3) is 0 Å². The van der Waals surface area contributed by atoms with Gasteiger partial charge in [0.2, 0.25) is 5.78 Å². The first kappa shape index (κ1) is 20.8. The number of aliphatic hydroxyl groups is 1. The van der Waals surface area contributed by atoms with Gasteiger partial charge < -0.3 is 19.3 Å². The normalized spacial score (nSPS) is 16.9. The third kappa shape index (κ3) is 4.24. The van der Waals surface area contributed by atoms with Gasteiger partial charge in [0.15, 0.2) is 11.5 Å². The fraction of sp³-hybridized carbons (Fsp3) is 0.409. The molecule has 1 aliphatic heterocycles. The molecule has 1 atom stereocenters. The van der Waals surface area contributed by atoms with Gasteiger partial charge in [-0.1, -0.05) is 6.07 Å². The Bertz CT molecular complexity index is 900. The topological polar surface area (TPSA) is 88.1 Å². The van der Waals surface area contributed by atoms with Crippen molar-refractivity contribution < 1.29 is 24.0 Å². The molecule has 0 bridgehead atoms. The Morgan fingerprint density at radius 1 is 1.28 bits per heavy atom. The predicted octanol–water partition coefficient (Wildman–Crippen LogP) is 1.88. The number of rotatable bonds is 9. The van der Waals surface area contributed by atoms with E-state index in [9.17, 15) is 14.7 Å². The highest BCUT2D eigenvalue weighted by Crippen LogP contribution is 2.38. The second kappa shape index (κ2) is 9.05. The van der Waals surface area contributed by atoms with E-state index >= 15 is 0 Å². The maximum atomic E-state index is 13.1. The number of aromatic nitrogens is 1. The molecule has 3 rings (SSSR count). The first-order valence-electron chi connectivity index (χ1n) is 10.1. The van der Waals surface area contributed by atoms with Crippen LogP contribution in [-0.2, 0) is 4.79 Å². The molecule has 0 radical (unpaired) electrons. The van der Waals surface area contributed by atoms with E-state index in [1.165, 1.54) is 4.90 Å². The molecule has 7 heteroatoms. The number of aryl methyl sites for hydroxylation is 1. The van der Waals surface area contributed by atoms with Crippen molar-refractivity contribution in [1.29, 1.82) is 0 Å². The summed E-state index contributed by atoms with van der Waals surface area (Å²) in [6, 6.07) is 6.14. The number of nitrogens with zero attached hydrogens (tertiary/aromatic N) is 2. The Kier molecular flexibility index (Phi) is 6.49. The summed E-state index contributed by atoms with van der Waals surface area (Å²) in [5, 5.41) is 10.6. The molecule has 0 spiro atoms. The Morgan fingerprint density at radius 2 is 2.03 bits per heavy atom. The summed E-state index contributed by atoms with van der Waals surface area (Å²) in [5.74, 6) is -0.808. The van der Waals surface area contributed by atoms with Gasteiger partial charge in [0.25, 0.3) is 5.91 Å². The van der Waals surface area contributed by atoms with Crippen LogP contribution in [0, 0.1) is 6.92 Å². The van der Waals surface area contributed by atoms with Crippen LogP contribution in [0.4, 0.5) is 0 Å². The van der Waals surface area contributed by atoms with Crippen molar-refractivity contribution in [2.24, 2.45) is 0 Å². The predicted molar refractivity (Wildman–Crippen MR) is 108 cm³/mol. The van der Waals surface area contributed by atoms with Gasteiger partial charge in [0, 0.05) is 25.4 Å². The number of furan rings is 1. The van der Waals surface area contributed by atoms with Gasteiger partial charge in [-0.15, -0.1) is 0 Å². The zero-order valence-electron chi connectivity index (χ0n) is 17.1. The molecule has 1 amide bonds. The smallest absolute Gasteiger partial charge is 0.290 e. The number of amides is 1. The Balaban J connectivity index is 1.91. The Hall–Kier alpha value is -2.93. The number of hydrogen-bond donors (Lipinski definition) is 2. The Labute approximate surface area is 170 Å². The summed E-state index contributed by atoms with van der Waals surface area (Å²) < 4.78 is 5.46. The number of nitrogens with one attached hydrogen (secondary N) is 1. The van der Waals surface area contributed by atoms with E-state index in [1.54, 1.807) is 42.4 Å². The zero-order valence-corrected chi connectivity index (χ0v) is 17.1. The number of ketones is 1. The third-order valence-corrected chi connectivity index (χ3v) is 5.44. The van der Waals surface area contributed by atoms with Gasteiger partial charge in [-0.2, -0.15) is 0 Å². The van der Waals surface area contributed by atoms with Crippen molar-refractivity contribution in [3.05, 3.63) is 65.1 Å². The molecule has 1 aliphatic rings. The van der Waals surface area contributed by atoms with Gasteiger partial charge >= 0.3 is 0 Å². The summed E-state index contributed by atoms with van der Waals surface area (Å²) in [6.07, 6.45) is 4.03. The van der Waals surface area contributed by atoms with Crippen molar-refractivity contribution in [3.63, 3.8) is 0 Å². The summed E-state index contributed by atoms with van der Waals surface area (Å²) in [4.78, 5) is 33.1. The lowest BCUT2D eigenvalue weighted by Crippen LogP contribution is -3.11. The maximum absolute atomic E-state index is 13.1. The molecular weight excluding hydrogens is 370 g/mol. The van der Waals surface area contributed by atoms with Crippen LogP contribution in [0.1, 0.15) is 48.2 Å². The van der Waals surface area contributed by atoms with Crippen molar-refractivity contribution in [1.82, 2.24) is 9.88 Å². The first-order valence-corrected chi connectivity index (χ1v) is 10.1. The van der Waals surface area contributed by atoms with Crippen molar-refractivity contribution in [2.75, 3.05) is 26.2 Å².